The monoisotopic (exact) mass is 831 g/mol. The molecule has 1 unspecified atom stereocenters. The van der Waals surface area contributed by atoms with E-state index in [2.05, 4.69) is 98.9 Å². The van der Waals surface area contributed by atoms with Gasteiger partial charge in [0.25, 0.3) is 0 Å². The van der Waals surface area contributed by atoms with Gasteiger partial charge in [-0.3, -0.25) is 18.6 Å². The van der Waals surface area contributed by atoms with Crippen LogP contribution >= 0.6 is 7.82 Å². The molecule has 330 valence electrons. The molecule has 2 atom stereocenters. The lowest BCUT2D eigenvalue weighted by molar-refractivity contribution is -0.870. The van der Waals surface area contributed by atoms with Crippen LogP contribution in [0.3, 0.4) is 0 Å². The molecule has 0 heterocycles. The number of allylic oxidation sites excluding steroid dienone is 16. The van der Waals surface area contributed by atoms with Gasteiger partial charge in [-0.25, -0.2) is 4.57 Å². The number of nitrogens with zero attached hydrogens (tertiary/aromatic N) is 1. The minimum absolute atomic E-state index is 0.0118. The Morgan fingerprint density at radius 2 is 1.07 bits per heavy atom. The highest BCUT2D eigenvalue weighted by molar-refractivity contribution is 7.47. The third-order valence-corrected chi connectivity index (χ3v) is 9.62. The largest absolute Gasteiger partial charge is 0.472 e. The Bertz CT molecular complexity index is 1300. The van der Waals surface area contributed by atoms with E-state index in [0.29, 0.717) is 23.9 Å². The number of likely N-dealkylation sites (N-methyl/N-ethyl adjacent to an activating group) is 1. The summed E-state index contributed by atoms with van der Waals surface area (Å²) in [7, 11) is 1.41. The Labute approximate surface area is 353 Å². The number of carbonyl (C=O) groups excluding carboxylic acids is 2. The molecule has 0 aromatic heterocycles. The van der Waals surface area contributed by atoms with Gasteiger partial charge in [-0.2, -0.15) is 0 Å². The van der Waals surface area contributed by atoms with Crippen LogP contribution < -0.4 is 0 Å². The number of esters is 2. The van der Waals surface area contributed by atoms with Gasteiger partial charge >= 0.3 is 19.8 Å². The van der Waals surface area contributed by atoms with Crippen molar-refractivity contribution in [1.82, 2.24) is 0 Å². The predicted molar refractivity (Wildman–Crippen MR) is 242 cm³/mol. The van der Waals surface area contributed by atoms with Crippen molar-refractivity contribution in [3.8, 4) is 0 Å². The fourth-order valence-corrected chi connectivity index (χ4v) is 5.95. The van der Waals surface area contributed by atoms with Crippen molar-refractivity contribution >= 4 is 19.8 Å². The average molecular weight is 831 g/mol. The van der Waals surface area contributed by atoms with E-state index in [1.54, 1.807) is 0 Å². The van der Waals surface area contributed by atoms with Gasteiger partial charge in [0.2, 0.25) is 0 Å². The number of rotatable bonds is 38. The molecular weight excluding hydrogens is 750 g/mol. The molecule has 10 heteroatoms. The fraction of sp³-hybridized carbons (Fsp3) is 0.625. The highest BCUT2D eigenvalue weighted by atomic mass is 31.2. The number of unbranched alkanes of at least 4 members (excludes halogenated alkanes) is 9. The Morgan fingerprint density at radius 3 is 1.60 bits per heavy atom. The summed E-state index contributed by atoms with van der Waals surface area (Å²) in [6.07, 6.45) is 51.8. The zero-order chi connectivity index (χ0) is 42.8. The van der Waals surface area contributed by atoms with Crippen LogP contribution in [0.1, 0.15) is 142 Å². The first-order valence-corrected chi connectivity index (χ1v) is 23.5. The van der Waals surface area contributed by atoms with Gasteiger partial charge < -0.3 is 18.9 Å². The van der Waals surface area contributed by atoms with Crippen LogP contribution in [0.15, 0.2) is 97.2 Å². The smallest absolute Gasteiger partial charge is 0.462 e. The van der Waals surface area contributed by atoms with Crippen LogP contribution in [0.2, 0.25) is 0 Å². The molecule has 0 bridgehead atoms. The van der Waals surface area contributed by atoms with Crippen molar-refractivity contribution in [2.75, 3.05) is 47.5 Å². The van der Waals surface area contributed by atoms with Crippen LogP contribution in [-0.4, -0.2) is 74.9 Å². The highest BCUT2D eigenvalue weighted by Crippen LogP contribution is 2.43. The molecule has 0 amide bonds. The second kappa shape index (κ2) is 39.4. The summed E-state index contributed by atoms with van der Waals surface area (Å²) >= 11 is 0. The first kappa shape index (κ1) is 54.9. The Morgan fingerprint density at radius 1 is 0.569 bits per heavy atom. The van der Waals surface area contributed by atoms with Crippen molar-refractivity contribution in [3.63, 3.8) is 0 Å². The number of carbonyl (C=O) groups is 2. The summed E-state index contributed by atoms with van der Waals surface area (Å²) in [4.78, 5) is 35.3. The van der Waals surface area contributed by atoms with Crippen molar-refractivity contribution in [3.05, 3.63) is 97.2 Å². The zero-order valence-electron chi connectivity index (χ0n) is 37.0. The molecular formula is C48H81NO8P+. The van der Waals surface area contributed by atoms with Crippen LogP contribution in [0.4, 0.5) is 0 Å². The minimum Gasteiger partial charge on any atom is -0.462 e. The summed E-state index contributed by atoms with van der Waals surface area (Å²) < 4.78 is 34.2. The topological polar surface area (TPSA) is 108 Å². The third-order valence-electron chi connectivity index (χ3n) is 8.64. The van der Waals surface area contributed by atoms with E-state index in [0.717, 1.165) is 77.0 Å². The van der Waals surface area contributed by atoms with Crippen LogP contribution in [0.25, 0.3) is 0 Å². The van der Waals surface area contributed by atoms with Gasteiger partial charge in [0.05, 0.1) is 27.7 Å². The average Bonchev–Trinajstić information content (AvgIpc) is 3.17. The van der Waals surface area contributed by atoms with Gasteiger partial charge in [0.1, 0.15) is 19.8 Å². The quantitative estimate of drug-likeness (QED) is 0.0164. The molecule has 0 fully saturated rings. The first-order chi connectivity index (χ1) is 28.0. The van der Waals surface area contributed by atoms with Gasteiger partial charge in [-0.05, 0) is 77.0 Å². The maximum Gasteiger partial charge on any atom is 0.472 e. The molecule has 0 aliphatic rings. The van der Waals surface area contributed by atoms with E-state index in [9.17, 15) is 19.0 Å². The van der Waals surface area contributed by atoms with Gasteiger partial charge in [0, 0.05) is 12.8 Å². The fourth-order valence-electron chi connectivity index (χ4n) is 5.20. The van der Waals surface area contributed by atoms with E-state index < -0.39 is 32.5 Å². The summed E-state index contributed by atoms with van der Waals surface area (Å²) in [5, 5.41) is 0. The van der Waals surface area contributed by atoms with E-state index >= 15 is 0 Å². The summed E-state index contributed by atoms with van der Waals surface area (Å²) in [5.74, 6) is -0.925. The predicted octanol–water partition coefficient (Wildman–Crippen LogP) is 12.6. The summed E-state index contributed by atoms with van der Waals surface area (Å²) in [5.41, 5.74) is 0. The SMILES string of the molecule is CC/C=C/C/C=C/C/C=C/C/C=C/C/C=C/C/C=C/CCC(=O)OC[C@H](COP(=O)(O)OCC[N+](C)(C)C)OC(=O)CCCCCCC/C=C/C=C/CCCCCC. The molecule has 1 N–H and O–H groups in total. The van der Waals surface area contributed by atoms with Crippen molar-refractivity contribution in [2.45, 2.75) is 148 Å². The molecule has 58 heavy (non-hydrogen) atoms. The molecule has 0 aliphatic heterocycles. The zero-order valence-corrected chi connectivity index (χ0v) is 37.9. The molecule has 0 saturated carbocycles. The molecule has 0 radical (unpaired) electrons. The second-order valence-corrected chi connectivity index (χ2v) is 16.8. The lowest BCUT2D eigenvalue weighted by Gasteiger charge is -2.24. The van der Waals surface area contributed by atoms with E-state index in [1.165, 1.54) is 25.7 Å². The van der Waals surface area contributed by atoms with Crippen molar-refractivity contribution in [1.29, 1.82) is 0 Å². The van der Waals surface area contributed by atoms with Gasteiger partial charge in [0.15, 0.2) is 6.10 Å². The Kier molecular flexibility index (Phi) is 37.3. The number of hydrogen-bond donors (Lipinski definition) is 1. The van der Waals surface area contributed by atoms with E-state index in [4.69, 9.17) is 18.5 Å². The molecule has 0 aliphatic carbocycles. The maximum absolute atomic E-state index is 12.7. The molecule has 9 nitrogen and oxygen atoms in total. The lowest BCUT2D eigenvalue weighted by atomic mass is 10.1. The molecule has 0 aromatic carbocycles. The maximum atomic E-state index is 12.7. The Balaban J connectivity index is 4.53. The second-order valence-electron chi connectivity index (χ2n) is 15.4. The van der Waals surface area contributed by atoms with E-state index in [1.807, 2.05) is 33.3 Å². The van der Waals surface area contributed by atoms with Crippen LogP contribution in [-0.2, 0) is 32.7 Å². The summed E-state index contributed by atoms with van der Waals surface area (Å²) in [6, 6.07) is 0. The number of phosphoric ester groups is 1. The minimum atomic E-state index is -4.40. The number of quaternary nitrogens is 1. The molecule has 0 spiro atoms. The summed E-state index contributed by atoms with van der Waals surface area (Å²) in [6.45, 7) is 4.15. The number of phosphoric acid groups is 1. The number of hydrogen-bond acceptors (Lipinski definition) is 7. The third kappa shape index (κ3) is 42.5. The van der Waals surface area contributed by atoms with Gasteiger partial charge in [-0.1, -0.05) is 150 Å². The molecule has 0 rings (SSSR count). The highest BCUT2D eigenvalue weighted by Gasteiger charge is 2.27. The van der Waals surface area contributed by atoms with E-state index in [-0.39, 0.29) is 26.1 Å². The lowest BCUT2D eigenvalue weighted by Crippen LogP contribution is -2.37. The molecule has 0 saturated heterocycles. The van der Waals surface area contributed by atoms with Crippen LogP contribution in [0.5, 0.6) is 0 Å². The molecule has 0 aromatic rings. The van der Waals surface area contributed by atoms with Crippen molar-refractivity contribution in [2.24, 2.45) is 0 Å². The first-order valence-electron chi connectivity index (χ1n) is 22.0. The van der Waals surface area contributed by atoms with Gasteiger partial charge in [-0.15, -0.1) is 0 Å². The number of ether oxygens (including phenoxy) is 2. The normalized spacial score (nSPS) is 14.5. The van der Waals surface area contributed by atoms with Crippen LogP contribution in [0, 0.1) is 0 Å². The standard InChI is InChI=1S/C48H80NO8P/c1-6-8-10-12-14-16-18-20-22-23-24-25-27-28-30-32-34-36-38-40-47(50)54-44-46(45-56-58(52,53)55-43-42-49(3,4)5)57-48(51)41-39-37-35-33-31-29-26-21-19-17-15-13-11-9-7-2/h8,10,14,16-17,19-22,24-26,28,30,34,36,46H,6-7,9,11-13,15,18,23,27,29,31-33,35,37-45H2,1-5H3/p+1/b10-8+,16-14+,19-17+,22-20+,25-24+,26-21+,30-28+,36-34+/t46-/m1/s1. The van der Waals surface area contributed by atoms with Crippen molar-refractivity contribution < 1.29 is 42.1 Å². The Hall–Kier alpha value is -3.07.